The number of rotatable bonds is 6. The van der Waals surface area contributed by atoms with Crippen LogP contribution in [0.1, 0.15) is 44.1 Å². The van der Waals surface area contributed by atoms with E-state index in [2.05, 4.69) is 17.2 Å². The zero-order chi connectivity index (χ0) is 13.8. The largest absolute Gasteiger partial charge is 0.382 e. The minimum Gasteiger partial charge on any atom is -0.382 e. The lowest BCUT2D eigenvalue weighted by molar-refractivity contribution is 0.0767. The lowest BCUT2D eigenvalue weighted by Gasteiger charge is -2.18. The highest BCUT2D eigenvalue weighted by molar-refractivity contribution is 5.93. The molecule has 19 heavy (non-hydrogen) atoms. The molecule has 4 nitrogen and oxygen atoms in total. The lowest BCUT2D eigenvalue weighted by Crippen LogP contribution is -2.31. The maximum absolute atomic E-state index is 12.2. The molecular formula is C15H23N3O. The minimum atomic E-state index is 0.0106. The van der Waals surface area contributed by atoms with Gasteiger partial charge >= 0.3 is 0 Å². The Morgan fingerprint density at radius 3 is 2.74 bits per heavy atom. The van der Waals surface area contributed by atoms with Gasteiger partial charge in [0.2, 0.25) is 0 Å². The molecule has 0 saturated heterocycles. The predicted molar refractivity (Wildman–Crippen MR) is 77.3 cm³/mol. The van der Waals surface area contributed by atoms with Crippen molar-refractivity contribution < 1.29 is 4.79 Å². The van der Waals surface area contributed by atoms with Crippen molar-refractivity contribution in [1.82, 2.24) is 9.88 Å². The summed E-state index contributed by atoms with van der Waals surface area (Å²) in [5, 5.41) is 3.48. The van der Waals surface area contributed by atoms with Crippen molar-refractivity contribution in [3.63, 3.8) is 0 Å². The molecule has 0 aliphatic heterocycles. The highest BCUT2D eigenvalue weighted by atomic mass is 16.2. The van der Waals surface area contributed by atoms with E-state index in [9.17, 15) is 4.79 Å². The topological polar surface area (TPSA) is 45.2 Å². The minimum absolute atomic E-state index is 0.0106. The van der Waals surface area contributed by atoms with Gasteiger partial charge in [0.05, 0.1) is 0 Å². The third-order valence-electron chi connectivity index (χ3n) is 3.83. The van der Waals surface area contributed by atoms with Crippen LogP contribution in [0.15, 0.2) is 18.3 Å². The summed E-state index contributed by atoms with van der Waals surface area (Å²) in [6.45, 7) is 7.62. The Labute approximate surface area is 115 Å². The first-order chi connectivity index (χ1) is 9.19. The second-order valence-corrected chi connectivity index (χ2v) is 5.06. The number of nitrogens with one attached hydrogen (secondary N) is 1. The van der Waals surface area contributed by atoms with E-state index in [1.807, 2.05) is 26.0 Å². The number of hydrogen-bond donors (Lipinski definition) is 1. The number of nitrogens with zero attached hydrogens (tertiary/aromatic N) is 2. The van der Waals surface area contributed by atoms with Gasteiger partial charge in [-0.15, -0.1) is 0 Å². The zero-order valence-corrected chi connectivity index (χ0v) is 12.0. The summed E-state index contributed by atoms with van der Waals surface area (Å²) in [6, 6.07) is 4.37. The maximum atomic E-state index is 12.2. The van der Waals surface area contributed by atoms with E-state index in [0.29, 0.717) is 11.7 Å². The Morgan fingerprint density at radius 2 is 2.16 bits per heavy atom. The smallest absolute Gasteiger partial charge is 0.272 e. The molecule has 0 bridgehead atoms. The monoisotopic (exact) mass is 261 g/mol. The summed E-state index contributed by atoms with van der Waals surface area (Å²) in [7, 11) is 0. The molecule has 1 N–H and O–H groups in total. The fraction of sp³-hybridized carbons (Fsp3) is 0.600. The van der Waals surface area contributed by atoms with Crippen LogP contribution in [0, 0.1) is 5.92 Å². The fourth-order valence-electron chi connectivity index (χ4n) is 2.40. The first-order valence-electron chi connectivity index (χ1n) is 7.21. The molecule has 1 heterocycles. The van der Waals surface area contributed by atoms with E-state index in [-0.39, 0.29) is 5.91 Å². The van der Waals surface area contributed by atoms with Crippen molar-refractivity contribution in [1.29, 1.82) is 0 Å². The molecule has 1 amide bonds. The number of pyridine rings is 1. The van der Waals surface area contributed by atoms with E-state index >= 15 is 0 Å². The molecule has 2 unspecified atom stereocenters. The number of hydrogen-bond acceptors (Lipinski definition) is 3. The summed E-state index contributed by atoms with van der Waals surface area (Å²) >= 11 is 0. The summed E-state index contributed by atoms with van der Waals surface area (Å²) < 4.78 is 0. The van der Waals surface area contributed by atoms with Crippen molar-refractivity contribution in [2.24, 2.45) is 5.92 Å². The first-order valence-corrected chi connectivity index (χ1v) is 7.21. The molecule has 104 valence electrons. The summed E-state index contributed by atoms with van der Waals surface area (Å²) in [6.07, 6.45) is 4.16. The molecule has 1 aliphatic carbocycles. The molecule has 1 aromatic heterocycles. The van der Waals surface area contributed by atoms with Gasteiger partial charge in [0.25, 0.3) is 5.91 Å². The van der Waals surface area contributed by atoms with E-state index in [1.165, 1.54) is 12.8 Å². The number of carbonyl (C=O) groups excluding carboxylic acids is 1. The Kier molecular flexibility index (Phi) is 4.40. The van der Waals surface area contributed by atoms with Gasteiger partial charge in [0.15, 0.2) is 0 Å². The maximum Gasteiger partial charge on any atom is 0.272 e. The van der Waals surface area contributed by atoms with Crippen molar-refractivity contribution in [2.45, 2.75) is 39.7 Å². The second kappa shape index (κ2) is 6.04. The molecule has 0 aromatic carbocycles. The molecule has 4 heteroatoms. The zero-order valence-electron chi connectivity index (χ0n) is 12.0. The number of carbonyl (C=O) groups is 1. The van der Waals surface area contributed by atoms with Crippen molar-refractivity contribution in [3.05, 3.63) is 24.0 Å². The van der Waals surface area contributed by atoms with E-state index in [0.717, 1.165) is 24.7 Å². The second-order valence-electron chi connectivity index (χ2n) is 5.06. The van der Waals surface area contributed by atoms with Gasteiger partial charge in [0, 0.05) is 31.0 Å². The van der Waals surface area contributed by atoms with Crippen LogP contribution in [0.3, 0.4) is 0 Å². The third kappa shape index (κ3) is 3.25. The first kappa shape index (κ1) is 13.8. The SMILES string of the molecule is CCC1CC1Nc1ccnc(C(=O)N(CC)CC)c1. The molecule has 2 rings (SSSR count). The van der Waals surface area contributed by atoms with E-state index < -0.39 is 0 Å². The number of amides is 1. The van der Waals surface area contributed by atoms with Crippen LogP contribution >= 0.6 is 0 Å². The van der Waals surface area contributed by atoms with Crippen molar-refractivity contribution in [2.75, 3.05) is 18.4 Å². The number of aromatic nitrogens is 1. The molecule has 1 fully saturated rings. The van der Waals surface area contributed by atoms with Crippen LogP contribution in [0.5, 0.6) is 0 Å². The normalized spacial score (nSPS) is 21.0. The quantitative estimate of drug-likeness (QED) is 0.856. The molecule has 1 aromatic rings. The lowest BCUT2D eigenvalue weighted by atomic mass is 10.2. The Balaban J connectivity index is 2.04. The van der Waals surface area contributed by atoms with Crippen LogP contribution in [0.25, 0.3) is 0 Å². The van der Waals surface area contributed by atoms with Crippen molar-refractivity contribution >= 4 is 11.6 Å². The Morgan fingerprint density at radius 1 is 1.42 bits per heavy atom. The van der Waals surface area contributed by atoms with E-state index in [1.54, 1.807) is 11.1 Å². The van der Waals surface area contributed by atoms with Crippen LogP contribution in [-0.4, -0.2) is 34.9 Å². The van der Waals surface area contributed by atoms with Gasteiger partial charge in [-0.25, -0.2) is 0 Å². The van der Waals surface area contributed by atoms with Crippen LogP contribution in [0.4, 0.5) is 5.69 Å². The summed E-state index contributed by atoms with van der Waals surface area (Å²) in [4.78, 5) is 18.2. The van der Waals surface area contributed by atoms with Gasteiger partial charge < -0.3 is 10.2 Å². The predicted octanol–water partition coefficient (Wildman–Crippen LogP) is 2.77. The molecule has 0 radical (unpaired) electrons. The Bertz CT molecular complexity index is 443. The molecular weight excluding hydrogens is 238 g/mol. The van der Waals surface area contributed by atoms with Crippen LogP contribution in [0.2, 0.25) is 0 Å². The molecule has 0 spiro atoms. The molecule has 2 atom stereocenters. The van der Waals surface area contributed by atoms with Gasteiger partial charge in [-0.1, -0.05) is 13.3 Å². The van der Waals surface area contributed by atoms with E-state index in [4.69, 9.17) is 0 Å². The van der Waals surface area contributed by atoms with Crippen molar-refractivity contribution in [3.8, 4) is 0 Å². The summed E-state index contributed by atoms with van der Waals surface area (Å²) in [5.74, 6) is 0.798. The number of anilines is 1. The average molecular weight is 261 g/mol. The molecule has 1 saturated carbocycles. The van der Waals surface area contributed by atoms with Gasteiger partial charge in [-0.3, -0.25) is 9.78 Å². The van der Waals surface area contributed by atoms with Crippen LogP contribution in [-0.2, 0) is 0 Å². The van der Waals surface area contributed by atoms with Gasteiger partial charge in [-0.05, 0) is 38.3 Å². The van der Waals surface area contributed by atoms with Gasteiger partial charge in [-0.2, -0.15) is 0 Å². The highest BCUT2D eigenvalue weighted by Gasteiger charge is 2.35. The standard InChI is InChI=1S/C15H23N3O/c1-4-11-9-13(11)17-12-7-8-16-14(10-12)15(19)18(5-2)6-3/h7-8,10-11,13H,4-6,9H2,1-3H3,(H,16,17). The average Bonchev–Trinajstić information content (AvgIpc) is 3.18. The van der Waals surface area contributed by atoms with Gasteiger partial charge in [0.1, 0.15) is 5.69 Å². The third-order valence-corrected chi connectivity index (χ3v) is 3.83. The van der Waals surface area contributed by atoms with Crippen LogP contribution < -0.4 is 5.32 Å². The Hall–Kier alpha value is -1.58. The fourth-order valence-corrected chi connectivity index (χ4v) is 2.40. The highest BCUT2D eigenvalue weighted by Crippen LogP contribution is 2.36. The summed E-state index contributed by atoms with van der Waals surface area (Å²) in [5.41, 5.74) is 1.54. The molecule has 1 aliphatic rings.